The van der Waals surface area contributed by atoms with Crippen molar-refractivity contribution in [1.82, 2.24) is 0 Å². The summed E-state index contributed by atoms with van der Waals surface area (Å²) in [5.74, 6) is 0. The minimum Gasteiger partial charge on any atom is -0.310 e. The summed E-state index contributed by atoms with van der Waals surface area (Å²) >= 11 is 0. The fourth-order valence-corrected chi connectivity index (χ4v) is 3.89. The lowest BCUT2D eigenvalue weighted by Gasteiger charge is -2.26. The van der Waals surface area contributed by atoms with Gasteiger partial charge in [0.25, 0.3) is 0 Å². The van der Waals surface area contributed by atoms with E-state index >= 15 is 0 Å². The van der Waals surface area contributed by atoms with Gasteiger partial charge in [0.15, 0.2) is 0 Å². The Labute approximate surface area is 177 Å². The van der Waals surface area contributed by atoms with Gasteiger partial charge >= 0.3 is 0 Å². The maximum atomic E-state index is 2.32. The highest BCUT2D eigenvalue weighted by molar-refractivity contribution is 5.89. The largest absolute Gasteiger partial charge is 0.310 e. The van der Waals surface area contributed by atoms with Gasteiger partial charge in [-0.05, 0) is 65.2 Å². The van der Waals surface area contributed by atoms with Crippen molar-refractivity contribution >= 4 is 27.8 Å². The van der Waals surface area contributed by atoms with E-state index in [9.17, 15) is 0 Å². The number of aryl methyl sites for hydroxylation is 1. The summed E-state index contributed by atoms with van der Waals surface area (Å²) in [7, 11) is 0. The van der Waals surface area contributed by atoms with Crippen LogP contribution >= 0.6 is 0 Å². The first kappa shape index (κ1) is 18.2. The van der Waals surface area contributed by atoms with Gasteiger partial charge in [0.1, 0.15) is 0 Å². The topological polar surface area (TPSA) is 3.24 Å². The first-order valence-electron chi connectivity index (χ1n) is 10.3. The minimum absolute atomic E-state index is 1.15. The number of hydrogen-bond donors (Lipinski definition) is 0. The molecule has 5 aromatic rings. The standard InChI is InChI=1S/C29H23N/c1-22-11-16-27(17-12-22)30(29-20-15-24-9-5-6-10-26(24)21-29)28-18-13-25(14-19-28)23-7-3-2-4-8-23/h2-21H,1H3. The van der Waals surface area contributed by atoms with Crippen LogP contribution in [0.2, 0.25) is 0 Å². The molecule has 144 valence electrons. The van der Waals surface area contributed by atoms with Crippen LogP contribution in [0, 0.1) is 6.92 Å². The van der Waals surface area contributed by atoms with E-state index in [1.54, 1.807) is 0 Å². The SMILES string of the molecule is Cc1ccc(N(c2ccc(-c3ccccc3)cc2)c2ccc3ccccc3c2)cc1. The fraction of sp³-hybridized carbons (Fsp3) is 0.0345. The molecule has 0 aliphatic carbocycles. The lowest BCUT2D eigenvalue weighted by atomic mass is 10.0. The molecule has 5 rings (SSSR count). The molecule has 0 aromatic heterocycles. The van der Waals surface area contributed by atoms with Gasteiger partial charge in [-0.15, -0.1) is 0 Å². The molecule has 5 aromatic carbocycles. The van der Waals surface area contributed by atoms with Gasteiger partial charge in [-0.2, -0.15) is 0 Å². The van der Waals surface area contributed by atoms with Gasteiger partial charge in [0.05, 0.1) is 0 Å². The Kier molecular flexibility index (Phi) is 4.78. The predicted molar refractivity (Wildman–Crippen MR) is 129 cm³/mol. The van der Waals surface area contributed by atoms with Gasteiger partial charge in [0.2, 0.25) is 0 Å². The highest BCUT2D eigenvalue weighted by atomic mass is 15.1. The first-order valence-corrected chi connectivity index (χ1v) is 10.3. The Bertz CT molecular complexity index is 1270. The number of benzene rings is 5. The van der Waals surface area contributed by atoms with E-state index in [4.69, 9.17) is 0 Å². The van der Waals surface area contributed by atoms with Crippen LogP contribution in [0.4, 0.5) is 17.1 Å². The molecule has 0 amide bonds. The highest BCUT2D eigenvalue weighted by Gasteiger charge is 2.13. The molecule has 0 aliphatic rings. The summed E-state index contributed by atoms with van der Waals surface area (Å²) in [5, 5.41) is 2.50. The number of fused-ring (bicyclic) bond motifs is 1. The zero-order valence-corrected chi connectivity index (χ0v) is 17.0. The van der Waals surface area contributed by atoms with Crippen LogP contribution in [0.1, 0.15) is 5.56 Å². The third kappa shape index (κ3) is 3.58. The lowest BCUT2D eigenvalue weighted by molar-refractivity contribution is 1.28. The van der Waals surface area contributed by atoms with E-state index in [1.165, 1.54) is 27.5 Å². The molecule has 0 N–H and O–H groups in total. The Morgan fingerprint density at radius 3 is 1.67 bits per heavy atom. The van der Waals surface area contributed by atoms with E-state index in [0.717, 1.165) is 17.1 Å². The quantitative estimate of drug-likeness (QED) is 0.301. The zero-order valence-electron chi connectivity index (χ0n) is 17.0. The molecule has 0 saturated carbocycles. The summed E-state index contributed by atoms with van der Waals surface area (Å²) in [6.07, 6.45) is 0. The maximum absolute atomic E-state index is 2.32. The molecule has 0 fully saturated rings. The summed E-state index contributed by atoms with van der Waals surface area (Å²) < 4.78 is 0. The molecular weight excluding hydrogens is 362 g/mol. The lowest BCUT2D eigenvalue weighted by Crippen LogP contribution is -2.09. The Balaban J connectivity index is 1.61. The predicted octanol–water partition coefficient (Wildman–Crippen LogP) is 8.29. The number of nitrogens with zero attached hydrogens (tertiary/aromatic N) is 1. The monoisotopic (exact) mass is 385 g/mol. The van der Waals surface area contributed by atoms with E-state index in [0.29, 0.717) is 0 Å². The van der Waals surface area contributed by atoms with Crippen molar-refractivity contribution < 1.29 is 0 Å². The van der Waals surface area contributed by atoms with Crippen molar-refractivity contribution in [3.63, 3.8) is 0 Å². The molecule has 1 nitrogen and oxygen atoms in total. The second-order valence-corrected chi connectivity index (χ2v) is 7.62. The molecule has 0 spiro atoms. The van der Waals surface area contributed by atoms with Gasteiger partial charge in [0, 0.05) is 17.1 Å². The second kappa shape index (κ2) is 7.88. The van der Waals surface area contributed by atoms with E-state index in [1.807, 2.05) is 0 Å². The van der Waals surface area contributed by atoms with Crippen LogP contribution in [-0.2, 0) is 0 Å². The number of anilines is 3. The molecule has 0 saturated heterocycles. The van der Waals surface area contributed by atoms with Crippen molar-refractivity contribution in [2.24, 2.45) is 0 Å². The van der Waals surface area contributed by atoms with Crippen LogP contribution in [0.15, 0.2) is 121 Å². The van der Waals surface area contributed by atoms with Crippen molar-refractivity contribution in [3.05, 3.63) is 127 Å². The summed E-state index contributed by atoms with van der Waals surface area (Å²) in [5.41, 5.74) is 7.18. The summed E-state index contributed by atoms with van der Waals surface area (Å²) in [4.78, 5) is 2.32. The van der Waals surface area contributed by atoms with Crippen LogP contribution < -0.4 is 4.90 Å². The first-order chi connectivity index (χ1) is 14.8. The van der Waals surface area contributed by atoms with Crippen LogP contribution in [0.5, 0.6) is 0 Å². The van der Waals surface area contributed by atoms with Crippen molar-refractivity contribution in [3.8, 4) is 11.1 Å². The Hall–Kier alpha value is -3.84. The summed E-state index contributed by atoms with van der Waals surface area (Å²) in [6.45, 7) is 2.12. The van der Waals surface area contributed by atoms with Crippen LogP contribution in [-0.4, -0.2) is 0 Å². The molecular formula is C29H23N. The Morgan fingerprint density at radius 1 is 0.433 bits per heavy atom. The second-order valence-electron chi connectivity index (χ2n) is 7.62. The van der Waals surface area contributed by atoms with Gasteiger partial charge < -0.3 is 4.90 Å². The van der Waals surface area contributed by atoms with E-state index in [2.05, 4.69) is 133 Å². The van der Waals surface area contributed by atoms with Crippen LogP contribution in [0.25, 0.3) is 21.9 Å². The smallest absolute Gasteiger partial charge is 0.0468 e. The fourth-order valence-electron chi connectivity index (χ4n) is 3.89. The average Bonchev–Trinajstić information content (AvgIpc) is 2.81. The van der Waals surface area contributed by atoms with E-state index < -0.39 is 0 Å². The molecule has 0 unspecified atom stereocenters. The van der Waals surface area contributed by atoms with E-state index in [-0.39, 0.29) is 0 Å². The molecule has 0 bridgehead atoms. The molecule has 0 heterocycles. The highest BCUT2D eigenvalue weighted by Crippen LogP contribution is 2.37. The Morgan fingerprint density at radius 2 is 0.967 bits per heavy atom. The summed E-state index contributed by atoms with van der Waals surface area (Å²) in [6, 6.07) is 43.2. The average molecular weight is 386 g/mol. The molecule has 1 heteroatoms. The van der Waals surface area contributed by atoms with Gasteiger partial charge in [-0.1, -0.05) is 90.5 Å². The molecule has 0 atom stereocenters. The maximum Gasteiger partial charge on any atom is 0.0468 e. The number of rotatable bonds is 4. The van der Waals surface area contributed by atoms with Crippen molar-refractivity contribution in [2.45, 2.75) is 6.92 Å². The third-order valence-corrected chi connectivity index (χ3v) is 5.52. The molecule has 0 radical (unpaired) electrons. The van der Waals surface area contributed by atoms with Crippen molar-refractivity contribution in [1.29, 1.82) is 0 Å². The van der Waals surface area contributed by atoms with Crippen molar-refractivity contribution in [2.75, 3.05) is 4.90 Å². The van der Waals surface area contributed by atoms with Gasteiger partial charge in [-0.3, -0.25) is 0 Å². The van der Waals surface area contributed by atoms with Crippen LogP contribution in [0.3, 0.4) is 0 Å². The third-order valence-electron chi connectivity index (χ3n) is 5.52. The minimum atomic E-state index is 1.15. The molecule has 0 aliphatic heterocycles. The number of hydrogen-bond acceptors (Lipinski definition) is 1. The normalized spacial score (nSPS) is 10.8. The molecule has 30 heavy (non-hydrogen) atoms. The van der Waals surface area contributed by atoms with Gasteiger partial charge in [-0.25, -0.2) is 0 Å². The zero-order chi connectivity index (χ0) is 20.3.